The molecule has 4 aromatic rings. The molecular weight excluding hydrogens is 530 g/mol. The molecule has 202 valence electrons. The summed E-state index contributed by atoms with van der Waals surface area (Å²) in [5, 5.41) is 7.97. The summed E-state index contributed by atoms with van der Waals surface area (Å²) in [7, 11) is 1.00. The van der Waals surface area contributed by atoms with Crippen LogP contribution >= 0.6 is 11.6 Å². The average Bonchev–Trinajstić information content (AvgIpc) is 3.49. The molecule has 0 saturated carbocycles. The highest BCUT2D eigenvalue weighted by Crippen LogP contribution is 2.25. The minimum Gasteiger partial charge on any atom is -0.400 e. The number of aldehydes is 1. The Bertz CT molecular complexity index is 1630. The third-order valence-electron chi connectivity index (χ3n) is 6.44. The number of rotatable bonds is 4. The molecule has 2 aromatic heterocycles. The number of aliphatic hydroxyl groups is 1. The predicted octanol–water partition coefficient (Wildman–Crippen LogP) is 3.37. The molecule has 0 bridgehead atoms. The first kappa shape index (κ1) is 28.4. The van der Waals surface area contributed by atoms with Crippen molar-refractivity contribution >= 4 is 40.6 Å². The van der Waals surface area contributed by atoms with Crippen molar-refractivity contribution in [3.8, 4) is 23.1 Å². The van der Waals surface area contributed by atoms with Crippen molar-refractivity contribution in [1.29, 1.82) is 0 Å². The van der Waals surface area contributed by atoms with Crippen LogP contribution in [0, 0.1) is 11.8 Å². The third-order valence-corrected chi connectivity index (χ3v) is 6.75. The number of nitrogen functional groups attached to an aromatic ring is 1. The van der Waals surface area contributed by atoms with Crippen molar-refractivity contribution in [2.24, 2.45) is 5.84 Å². The van der Waals surface area contributed by atoms with Gasteiger partial charge in [-0.3, -0.25) is 20.0 Å². The van der Waals surface area contributed by atoms with Crippen LogP contribution in [0.3, 0.4) is 0 Å². The van der Waals surface area contributed by atoms with E-state index in [0.717, 1.165) is 30.9 Å². The van der Waals surface area contributed by atoms with E-state index in [0.29, 0.717) is 51.3 Å². The van der Waals surface area contributed by atoms with Gasteiger partial charge in [0.05, 0.1) is 27.8 Å². The molecule has 1 atom stereocenters. The van der Waals surface area contributed by atoms with Gasteiger partial charge in [-0.25, -0.2) is 10.8 Å². The lowest BCUT2D eigenvalue weighted by molar-refractivity contribution is -0.111. The highest BCUT2D eigenvalue weighted by atomic mass is 35.5. The van der Waals surface area contributed by atoms with Gasteiger partial charge in [0.15, 0.2) is 0 Å². The molecule has 3 heterocycles. The summed E-state index contributed by atoms with van der Waals surface area (Å²) < 4.78 is 0. The lowest BCUT2D eigenvalue weighted by Gasteiger charge is -2.20. The number of carbonyl (C=O) groups excluding carboxylic acids is 3. The number of fused-ring (bicyclic) bond motifs is 1. The van der Waals surface area contributed by atoms with Crippen LogP contribution in [-0.4, -0.2) is 57.8 Å². The number of aliphatic hydroxyl groups excluding tert-OH is 1. The Morgan fingerprint density at radius 1 is 1.12 bits per heavy atom. The van der Waals surface area contributed by atoms with Gasteiger partial charge < -0.3 is 14.8 Å². The van der Waals surface area contributed by atoms with Crippen LogP contribution in [0.1, 0.15) is 44.7 Å². The summed E-state index contributed by atoms with van der Waals surface area (Å²) in [5.41, 5.74) is 6.36. The van der Waals surface area contributed by atoms with Crippen LogP contribution in [0.5, 0.6) is 0 Å². The Kier molecular flexibility index (Phi) is 9.19. The van der Waals surface area contributed by atoms with Gasteiger partial charge in [-0.2, -0.15) is 0 Å². The number of nitrogens with two attached hydrogens (primary N) is 1. The van der Waals surface area contributed by atoms with E-state index in [9.17, 15) is 14.4 Å². The third kappa shape index (κ3) is 6.00. The largest absolute Gasteiger partial charge is 0.400 e. The smallest absolute Gasteiger partial charge is 0.265 e. The Hall–Kier alpha value is -4.62. The van der Waals surface area contributed by atoms with Crippen LogP contribution in [0.2, 0.25) is 5.02 Å². The van der Waals surface area contributed by atoms with Crippen LogP contribution in [0.25, 0.3) is 22.2 Å². The van der Waals surface area contributed by atoms with Crippen molar-refractivity contribution in [2.45, 2.75) is 18.9 Å². The van der Waals surface area contributed by atoms with Crippen LogP contribution < -0.4 is 11.3 Å². The normalized spacial score (nSPS) is 14.0. The highest BCUT2D eigenvalue weighted by molar-refractivity contribution is 6.32. The number of carbonyl (C=O) groups is 3. The van der Waals surface area contributed by atoms with E-state index in [4.69, 9.17) is 22.6 Å². The van der Waals surface area contributed by atoms with Crippen molar-refractivity contribution < 1.29 is 19.5 Å². The minimum atomic E-state index is -0.428. The number of likely N-dealkylation sites (tertiary alicyclic amines) is 1. The van der Waals surface area contributed by atoms with Gasteiger partial charge in [-0.15, -0.1) is 0 Å². The van der Waals surface area contributed by atoms with Crippen molar-refractivity contribution in [3.63, 3.8) is 0 Å². The van der Waals surface area contributed by atoms with Gasteiger partial charge >= 0.3 is 0 Å². The molecule has 2 amide bonds. The van der Waals surface area contributed by atoms with Crippen LogP contribution in [-0.2, 0) is 4.79 Å². The zero-order valence-electron chi connectivity index (χ0n) is 21.6. The number of aromatic nitrogens is 2. The maximum absolute atomic E-state index is 12.8. The van der Waals surface area contributed by atoms with E-state index in [1.54, 1.807) is 47.6 Å². The molecule has 10 heteroatoms. The summed E-state index contributed by atoms with van der Waals surface area (Å²) >= 11 is 6.42. The SMILES string of the molecule is CO.NNC(=O)c1cc(-c2ccc(C#Cc3ccc(C(=O)N4CCCC4C=O)cc3Cl)cc2)nc2ccncc12. The molecule has 9 nitrogen and oxygen atoms in total. The number of halogens is 1. The Morgan fingerprint density at radius 3 is 2.60 bits per heavy atom. The van der Waals surface area contributed by atoms with E-state index in [2.05, 4.69) is 27.2 Å². The van der Waals surface area contributed by atoms with Gasteiger partial charge in [0.1, 0.15) is 6.29 Å². The molecule has 0 radical (unpaired) electrons. The van der Waals surface area contributed by atoms with E-state index in [-0.39, 0.29) is 11.9 Å². The predicted molar refractivity (Wildman–Crippen MR) is 152 cm³/mol. The van der Waals surface area contributed by atoms with Gasteiger partial charge in [0.25, 0.3) is 11.8 Å². The van der Waals surface area contributed by atoms with Crippen LogP contribution in [0.4, 0.5) is 0 Å². The molecular formula is C30H26ClN5O4. The molecule has 1 fully saturated rings. The molecule has 1 saturated heterocycles. The van der Waals surface area contributed by atoms with Gasteiger partial charge in [0, 0.05) is 53.7 Å². The van der Waals surface area contributed by atoms with Gasteiger partial charge in [0.2, 0.25) is 0 Å². The minimum absolute atomic E-state index is 0.206. The lowest BCUT2D eigenvalue weighted by Crippen LogP contribution is -2.36. The Labute approximate surface area is 236 Å². The maximum atomic E-state index is 12.8. The summed E-state index contributed by atoms with van der Waals surface area (Å²) in [6.45, 7) is 0.560. The van der Waals surface area contributed by atoms with E-state index in [1.807, 2.05) is 24.3 Å². The van der Waals surface area contributed by atoms with Crippen molar-refractivity contribution in [3.05, 3.63) is 94.3 Å². The second-order valence-corrected chi connectivity index (χ2v) is 9.19. The van der Waals surface area contributed by atoms with E-state index < -0.39 is 5.91 Å². The molecule has 0 spiro atoms. The fraction of sp³-hybridized carbons (Fsp3) is 0.167. The number of benzene rings is 2. The molecule has 5 rings (SSSR count). The first-order chi connectivity index (χ1) is 19.5. The van der Waals surface area contributed by atoms with Crippen molar-refractivity contribution in [1.82, 2.24) is 20.3 Å². The van der Waals surface area contributed by atoms with Crippen LogP contribution in [0.15, 0.2) is 67.0 Å². The summed E-state index contributed by atoms with van der Waals surface area (Å²) in [4.78, 5) is 46.7. The zero-order valence-corrected chi connectivity index (χ0v) is 22.4. The molecule has 1 aliphatic rings. The van der Waals surface area contributed by atoms with E-state index in [1.165, 1.54) is 0 Å². The average molecular weight is 556 g/mol. The zero-order chi connectivity index (χ0) is 28.6. The van der Waals surface area contributed by atoms with Gasteiger partial charge in [-0.05, 0) is 55.3 Å². The quantitative estimate of drug-likeness (QED) is 0.115. The number of hydrazine groups is 1. The number of pyridine rings is 2. The standard InChI is InChI=1S/C29H22ClN5O3.CH4O/c30-25-14-21(29(38)35-13-1-2-22(35)17-36)10-9-19(25)6-3-18-4-7-20(8-5-18)27-15-23(28(37)34-31)24-16-32-12-11-26(24)33-27;1-2/h4-5,7-12,14-17,22H,1-2,13,31H2,(H,34,37);2H,1H3. The molecule has 2 aromatic carbocycles. The number of nitrogens with one attached hydrogen (secondary N) is 1. The monoisotopic (exact) mass is 555 g/mol. The maximum Gasteiger partial charge on any atom is 0.265 e. The molecule has 40 heavy (non-hydrogen) atoms. The van der Waals surface area contributed by atoms with E-state index >= 15 is 0 Å². The number of hydrogen-bond acceptors (Lipinski definition) is 7. The number of amides is 2. The first-order valence-electron chi connectivity index (χ1n) is 12.4. The number of hydrogen-bond donors (Lipinski definition) is 3. The molecule has 0 aliphatic carbocycles. The molecule has 4 N–H and O–H groups in total. The fourth-order valence-electron chi connectivity index (χ4n) is 4.45. The summed E-state index contributed by atoms with van der Waals surface area (Å²) in [6, 6.07) is 15.4. The summed E-state index contributed by atoms with van der Waals surface area (Å²) in [6.07, 6.45) is 5.51. The molecule has 1 aliphatic heterocycles. The summed E-state index contributed by atoms with van der Waals surface area (Å²) in [5.74, 6) is 10.9. The van der Waals surface area contributed by atoms with Crippen molar-refractivity contribution in [2.75, 3.05) is 13.7 Å². The fourth-order valence-corrected chi connectivity index (χ4v) is 4.68. The Balaban J connectivity index is 0.00000181. The number of nitrogens with zero attached hydrogens (tertiary/aromatic N) is 3. The second-order valence-electron chi connectivity index (χ2n) is 8.79. The lowest BCUT2D eigenvalue weighted by atomic mass is 10.0. The second kappa shape index (κ2) is 13.0. The highest BCUT2D eigenvalue weighted by Gasteiger charge is 2.29. The van der Waals surface area contributed by atoms with Gasteiger partial charge in [-0.1, -0.05) is 35.6 Å². The Morgan fingerprint density at radius 2 is 1.90 bits per heavy atom. The molecule has 1 unspecified atom stereocenters. The first-order valence-corrected chi connectivity index (χ1v) is 12.7. The topological polar surface area (TPSA) is 139 Å².